The highest BCUT2D eigenvalue weighted by atomic mass is 16.5. The van der Waals surface area contributed by atoms with E-state index in [1.807, 2.05) is 11.0 Å². The van der Waals surface area contributed by atoms with Crippen molar-refractivity contribution < 1.29 is 9.53 Å². The zero-order valence-corrected chi connectivity index (χ0v) is 11.7. The maximum absolute atomic E-state index is 12.1. The summed E-state index contributed by atoms with van der Waals surface area (Å²) in [6, 6.07) is 10.7. The number of amides is 1. The molecule has 1 fully saturated rings. The Morgan fingerprint density at radius 3 is 2.74 bits per heavy atom. The zero-order chi connectivity index (χ0) is 13.7. The van der Waals surface area contributed by atoms with Gasteiger partial charge in [0.05, 0.1) is 19.1 Å². The minimum atomic E-state index is 0.191. The Balaban J connectivity index is 2.02. The summed E-state index contributed by atoms with van der Waals surface area (Å²) in [6.07, 6.45) is 0.474. The first-order valence-corrected chi connectivity index (χ1v) is 6.74. The highest BCUT2D eigenvalue weighted by Crippen LogP contribution is 2.23. The second kappa shape index (κ2) is 6.68. The van der Waals surface area contributed by atoms with Crippen LogP contribution in [0, 0.1) is 0 Å². The minimum Gasteiger partial charge on any atom is -0.384 e. The number of hydrogen-bond donors (Lipinski definition) is 0. The third-order valence-corrected chi connectivity index (χ3v) is 3.71. The monoisotopic (exact) mass is 262 g/mol. The number of hydrogen-bond acceptors (Lipinski definition) is 3. The maximum Gasteiger partial charge on any atom is 0.224 e. The van der Waals surface area contributed by atoms with Gasteiger partial charge in [0.15, 0.2) is 0 Å². The lowest BCUT2D eigenvalue weighted by atomic mass is 10.0. The fraction of sp³-hybridized carbons (Fsp3) is 0.533. The molecule has 0 aliphatic carbocycles. The van der Waals surface area contributed by atoms with Crippen molar-refractivity contribution in [2.75, 3.05) is 40.4 Å². The molecule has 4 heteroatoms. The summed E-state index contributed by atoms with van der Waals surface area (Å²) in [4.78, 5) is 16.3. The lowest BCUT2D eigenvalue weighted by Gasteiger charge is -2.39. The summed E-state index contributed by atoms with van der Waals surface area (Å²) in [5, 5.41) is 0. The van der Waals surface area contributed by atoms with Gasteiger partial charge in [-0.1, -0.05) is 30.3 Å². The average molecular weight is 262 g/mol. The molecule has 0 saturated carbocycles. The van der Waals surface area contributed by atoms with Crippen molar-refractivity contribution in [3.63, 3.8) is 0 Å². The fourth-order valence-electron chi connectivity index (χ4n) is 2.48. The second-order valence-corrected chi connectivity index (χ2v) is 4.99. The molecule has 1 aliphatic heterocycles. The number of carbonyl (C=O) groups excluding carboxylic acids is 1. The van der Waals surface area contributed by atoms with E-state index >= 15 is 0 Å². The second-order valence-electron chi connectivity index (χ2n) is 4.99. The van der Waals surface area contributed by atoms with E-state index < -0.39 is 0 Å². The van der Waals surface area contributed by atoms with Gasteiger partial charge in [0.1, 0.15) is 0 Å². The normalized spacial score (nSPS) is 20.5. The molecule has 1 aromatic carbocycles. The average Bonchev–Trinajstić information content (AvgIpc) is 2.46. The molecule has 1 aromatic rings. The van der Waals surface area contributed by atoms with Crippen molar-refractivity contribution in [1.29, 1.82) is 0 Å². The van der Waals surface area contributed by atoms with E-state index in [1.165, 1.54) is 5.56 Å². The molecule has 0 N–H and O–H groups in total. The Bertz CT molecular complexity index is 408. The van der Waals surface area contributed by atoms with E-state index in [-0.39, 0.29) is 5.91 Å². The molecule has 104 valence electrons. The summed E-state index contributed by atoms with van der Waals surface area (Å²) in [5.41, 5.74) is 1.27. The third-order valence-electron chi connectivity index (χ3n) is 3.71. The van der Waals surface area contributed by atoms with Gasteiger partial charge in [0.25, 0.3) is 0 Å². The van der Waals surface area contributed by atoms with Crippen LogP contribution in [0.2, 0.25) is 0 Å². The van der Waals surface area contributed by atoms with Gasteiger partial charge in [0, 0.05) is 26.7 Å². The summed E-state index contributed by atoms with van der Waals surface area (Å²) >= 11 is 0. The van der Waals surface area contributed by atoms with Gasteiger partial charge in [0.2, 0.25) is 5.91 Å². The van der Waals surface area contributed by atoms with Crippen LogP contribution in [0.15, 0.2) is 30.3 Å². The molecular formula is C15H22N2O2. The van der Waals surface area contributed by atoms with Crippen molar-refractivity contribution in [2.24, 2.45) is 0 Å². The number of carbonyl (C=O) groups is 1. The van der Waals surface area contributed by atoms with Crippen LogP contribution in [0.5, 0.6) is 0 Å². The molecular weight excluding hydrogens is 240 g/mol. The largest absolute Gasteiger partial charge is 0.384 e. The van der Waals surface area contributed by atoms with E-state index in [4.69, 9.17) is 4.74 Å². The Morgan fingerprint density at radius 1 is 1.32 bits per heavy atom. The van der Waals surface area contributed by atoms with Crippen molar-refractivity contribution >= 4 is 5.91 Å². The standard InChI is InChI=1S/C15H22N2O2/c1-16-9-10-17(15(18)8-11-19-2)12-14(16)13-6-4-3-5-7-13/h3-7,14H,8-12H2,1-2H3/t14-/m0/s1. The van der Waals surface area contributed by atoms with Crippen LogP contribution in [-0.4, -0.2) is 56.1 Å². The molecule has 1 aliphatic rings. The lowest BCUT2D eigenvalue weighted by molar-refractivity contribution is -0.134. The topological polar surface area (TPSA) is 32.8 Å². The molecule has 19 heavy (non-hydrogen) atoms. The van der Waals surface area contributed by atoms with Crippen molar-refractivity contribution in [3.05, 3.63) is 35.9 Å². The van der Waals surface area contributed by atoms with Gasteiger partial charge in [-0.05, 0) is 12.6 Å². The maximum atomic E-state index is 12.1. The van der Waals surface area contributed by atoms with Crippen LogP contribution in [0.25, 0.3) is 0 Å². The lowest BCUT2D eigenvalue weighted by Crippen LogP contribution is -2.49. The Kier molecular flexibility index (Phi) is 4.93. The van der Waals surface area contributed by atoms with Gasteiger partial charge >= 0.3 is 0 Å². The molecule has 1 heterocycles. The molecule has 4 nitrogen and oxygen atoms in total. The highest BCUT2D eigenvalue weighted by molar-refractivity contribution is 5.76. The summed E-state index contributed by atoms with van der Waals surface area (Å²) < 4.78 is 4.98. The van der Waals surface area contributed by atoms with Crippen LogP contribution in [0.1, 0.15) is 18.0 Å². The van der Waals surface area contributed by atoms with E-state index in [1.54, 1.807) is 7.11 Å². The van der Waals surface area contributed by atoms with E-state index in [9.17, 15) is 4.79 Å². The number of piperazine rings is 1. The van der Waals surface area contributed by atoms with Gasteiger partial charge in [-0.3, -0.25) is 9.69 Å². The number of ether oxygens (including phenoxy) is 1. The van der Waals surface area contributed by atoms with Crippen molar-refractivity contribution in [3.8, 4) is 0 Å². The summed E-state index contributed by atoms with van der Waals surface area (Å²) in [5.74, 6) is 0.191. The molecule has 1 saturated heterocycles. The summed E-state index contributed by atoms with van der Waals surface area (Å²) in [7, 11) is 3.75. The van der Waals surface area contributed by atoms with Crippen LogP contribution < -0.4 is 0 Å². The SMILES string of the molecule is COCCC(=O)N1CCN(C)[C@H](c2ccccc2)C1. The Morgan fingerprint density at radius 2 is 2.05 bits per heavy atom. The number of nitrogens with zero attached hydrogens (tertiary/aromatic N) is 2. The molecule has 1 amide bonds. The van der Waals surface area contributed by atoms with Crippen molar-refractivity contribution in [2.45, 2.75) is 12.5 Å². The first-order valence-electron chi connectivity index (χ1n) is 6.74. The van der Waals surface area contributed by atoms with E-state index in [2.05, 4.69) is 36.2 Å². The molecule has 0 bridgehead atoms. The van der Waals surface area contributed by atoms with Crippen molar-refractivity contribution in [1.82, 2.24) is 9.80 Å². The molecule has 0 radical (unpaired) electrons. The van der Waals surface area contributed by atoms with E-state index in [0.717, 1.165) is 19.6 Å². The first-order chi connectivity index (χ1) is 9.22. The summed E-state index contributed by atoms with van der Waals surface area (Å²) in [6.45, 7) is 2.99. The predicted molar refractivity (Wildman–Crippen MR) is 74.9 cm³/mol. The van der Waals surface area contributed by atoms with Crippen LogP contribution in [-0.2, 0) is 9.53 Å². The van der Waals surface area contributed by atoms with Gasteiger partial charge in [-0.15, -0.1) is 0 Å². The minimum absolute atomic E-state index is 0.191. The number of rotatable bonds is 4. The molecule has 2 rings (SSSR count). The molecule has 0 spiro atoms. The predicted octanol–water partition coefficient (Wildman–Crippen LogP) is 1.54. The Labute approximate surface area is 115 Å². The fourth-order valence-corrected chi connectivity index (χ4v) is 2.48. The first kappa shape index (κ1) is 14.0. The molecule has 0 aromatic heterocycles. The van der Waals surface area contributed by atoms with Crippen LogP contribution >= 0.6 is 0 Å². The van der Waals surface area contributed by atoms with Crippen LogP contribution in [0.4, 0.5) is 0 Å². The quantitative estimate of drug-likeness (QED) is 0.825. The molecule has 1 atom stereocenters. The van der Waals surface area contributed by atoms with Gasteiger partial charge < -0.3 is 9.64 Å². The molecule has 0 unspecified atom stereocenters. The number of benzene rings is 1. The van der Waals surface area contributed by atoms with Gasteiger partial charge in [-0.2, -0.15) is 0 Å². The zero-order valence-electron chi connectivity index (χ0n) is 11.7. The van der Waals surface area contributed by atoms with Gasteiger partial charge in [-0.25, -0.2) is 0 Å². The highest BCUT2D eigenvalue weighted by Gasteiger charge is 2.27. The van der Waals surface area contributed by atoms with E-state index in [0.29, 0.717) is 19.1 Å². The number of methoxy groups -OCH3 is 1. The van der Waals surface area contributed by atoms with Crippen LogP contribution in [0.3, 0.4) is 0 Å². The number of likely N-dealkylation sites (N-methyl/N-ethyl adjacent to an activating group) is 1. The Hall–Kier alpha value is -1.39. The third kappa shape index (κ3) is 3.55. The smallest absolute Gasteiger partial charge is 0.224 e.